The standard InChI is InChI=1S/C21H28N8O2/c1-21(2,3)31-20(30)28-9-10-29-15(14-28)11-17(26-29)24-19-16(12-22)23-13-18(25-19)27-7-5-4-6-8-27/h11,13H,4-10,14H2,1-3H3,(H,24,25,26). The van der Waals surface area contributed by atoms with Crippen LogP contribution < -0.4 is 10.2 Å². The van der Waals surface area contributed by atoms with Crippen LogP contribution in [0.5, 0.6) is 0 Å². The van der Waals surface area contributed by atoms with Crippen LogP contribution in [-0.2, 0) is 17.8 Å². The van der Waals surface area contributed by atoms with Crippen molar-refractivity contribution in [3.05, 3.63) is 23.7 Å². The topological polar surface area (TPSA) is 112 Å². The summed E-state index contributed by atoms with van der Waals surface area (Å²) in [5, 5.41) is 17.2. The lowest BCUT2D eigenvalue weighted by Crippen LogP contribution is -2.41. The summed E-state index contributed by atoms with van der Waals surface area (Å²) in [4.78, 5) is 25.2. The highest BCUT2D eigenvalue weighted by molar-refractivity contribution is 5.68. The molecule has 4 rings (SSSR count). The number of hydrogen-bond acceptors (Lipinski definition) is 8. The summed E-state index contributed by atoms with van der Waals surface area (Å²) < 4.78 is 7.34. The summed E-state index contributed by atoms with van der Waals surface area (Å²) in [6.45, 7) is 8.96. The first-order valence-electron chi connectivity index (χ1n) is 10.7. The molecule has 2 aromatic heterocycles. The molecule has 10 nitrogen and oxygen atoms in total. The number of fused-ring (bicyclic) bond motifs is 1. The Morgan fingerprint density at radius 1 is 1.19 bits per heavy atom. The van der Waals surface area contributed by atoms with E-state index in [9.17, 15) is 10.1 Å². The van der Waals surface area contributed by atoms with E-state index in [1.165, 1.54) is 6.42 Å². The van der Waals surface area contributed by atoms with E-state index in [0.29, 0.717) is 31.3 Å². The third kappa shape index (κ3) is 4.87. The fourth-order valence-corrected chi connectivity index (χ4v) is 3.76. The number of hydrogen-bond donors (Lipinski definition) is 1. The number of aromatic nitrogens is 4. The summed E-state index contributed by atoms with van der Waals surface area (Å²) in [6.07, 6.45) is 4.82. The summed E-state index contributed by atoms with van der Waals surface area (Å²) in [7, 11) is 0. The normalized spacial score (nSPS) is 16.5. The van der Waals surface area contributed by atoms with E-state index in [1.54, 1.807) is 11.1 Å². The maximum absolute atomic E-state index is 12.4. The van der Waals surface area contributed by atoms with Crippen LogP contribution in [0.2, 0.25) is 0 Å². The lowest BCUT2D eigenvalue weighted by atomic mass is 10.1. The molecule has 0 atom stereocenters. The minimum absolute atomic E-state index is 0.224. The number of rotatable bonds is 3. The molecule has 1 N–H and O–H groups in total. The van der Waals surface area contributed by atoms with Gasteiger partial charge in [0.05, 0.1) is 25.0 Å². The number of piperidine rings is 1. The van der Waals surface area contributed by atoms with Crippen LogP contribution in [-0.4, -0.2) is 56.0 Å². The van der Waals surface area contributed by atoms with Crippen LogP contribution in [0.3, 0.4) is 0 Å². The second-order valence-electron chi connectivity index (χ2n) is 8.86. The molecule has 31 heavy (non-hydrogen) atoms. The molecule has 0 saturated carbocycles. The SMILES string of the molecule is CC(C)(C)OC(=O)N1CCn2nc(Nc3nc(N4CCCCC4)cnc3C#N)cc2C1. The van der Waals surface area contributed by atoms with Gasteiger partial charge in [-0.2, -0.15) is 10.4 Å². The predicted molar refractivity (Wildman–Crippen MR) is 115 cm³/mol. The lowest BCUT2D eigenvalue weighted by molar-refractivity contribution is 0.0194. The van der Waals surface area contributed by atoms with Gasteiger partial charge in [0.2, 0.25) is 0 Å². The quantitative estimate of drug-likeness (QED) is 0.800. The van der Waals surface area contributed by atoms with Gasteiger partial charge in [-0.05, 0) is 40.0 Å². The molecule has 1 fully saturated rings. The minimum atomic E-state index is -0.534. The fraction of sp³-hybridized carbons (Fsp3) is 0.571. The molecule has 164 valence electrons. The molecular formula is C21H28N8O2. The van der Waals surface area contributed by atoms with Gasteiger partial charge in [-0.1, -0.05) is 0 Å². The van der Waals surface area contributed by atoms with E-state index in [1.807, 2.05) is 31.5 Å². The van der Waals surface area contributed by atoms with Crippen molar-refractivity contribution in [1.82, 2.24) is 24.6 Å². The highest BCUT2D eigenvalue weighted by Crippen LogP contribution is 2.24. The first-order valence-corrected chi connectivity index (χ1v) is 10.7. The number of nitrogens with one attached hydrogen (secondary N) is 1. The van der Waals surface area contributed by atoms with E-state index in [0.717, 1.165) is 37.4 Å². The van der Waals surface area contributed by atoms with E-state index >= 15 is 0 Å². The summed E-state index contributed by atoms with van der Waals surface area (Å²) in [5.41, 5.74) is 0.577. The van der Waals surface area contributed by atoms with Crippen LogP contribution in [0, 0.1) is 11.3 Å². The smallest absolute Gasteiger partial charge is 0.410 e. The average Bonchev–Trinajstić information content (AvgIpc) is 3.14. The number of amides is 1. The van der Waals surface area contributed by atoms with Crippen molar-refractivity contribution < 1.29 is 9.53 Å². The van der Waals surface area contributed by atoms with Gasteiger partial charge in [0, 0.05) is 25.7 Å². The Morgan fingerprint density at radius 2 is 1.97 bits per heavy atom. The average molecular weight is 425 g/mol. The molecule has 4 heterocycles. The molecule has 2 aliphatic rings. The number of carbonyl (C=O) groups excluding carboxylic acids is 1. The fourth-order valence-electron chi connectivity index (χ4n) is 3.76. The minimum Gasteiger partial charge on any atom is -0.444 e. The van der Waals surface area contributed by atoms with Gasteiger partial charge in [-0.15, -0.1) is 0 Å². The molecule has 10 heteroatoms. The van der Waals surface area contributed by atoms with Gasteiger partial charge in [0.15, 0.2) is 17.3 Å². The summed E-state index contributed by atoms with van der Waals surface area (Å²) in [6, 6.07) is 3.96. The van der Waals surface area contributed by atoms with Crippen LogP contribution in [0.4, 0.5) is 22.2 Å². The van der Waals surface area contributed by atoms with Gasteiger partial charge in [0.25, 0.3) is 0 Å². The van der Waals surface area contributed by atoms with Crippen molar-refractivity contribution in [2.75, 3.05) is 29.9 Å². The second-order valence-corrected chi connectivity index (χ2v) is 8.86. The second kappa shape index (κ2) is 8.41. The molecule has 0 aromatic carbocycles. The molecule has 1 saturated heterocycles. The van der Waals surface area contributed by atoms with E-state index < -0.39 is 5.60 Å². The molecule has 0 spiro atoms. The van der Waals surface area contributed by atoms with E-state index in [2.05, 4.69) is 31.4 Å². The van der Waals surface area contributed by atoms with Gasteiger partial charge >= 0.3 is 6.09 Å². The first kappa shape index (κ1) is 20.9. The van der Waals surface area contributed by atoms with Crippen molar-refractivity contribution in [3.8, 4) is 6.07 Å². The summed E-state index contributed by atoms with van der Waals surface area (Å²) >= 11 is 0. The zero-order chi connectivity index (χ0) is 22.0. The maximum atomic E-state index is 12.4. The highest BCUT2D eigenvalue weighted by atomic mass is 16.6. The van der Waals surface area contributed by atoms with Crippen molar-refractivity contribution >= 4 is 23.5 Å². The Hall–Kier alpha value is -3.35. The van der Waals surface area contributed by atoms with Crippen LogP contribution in [0.25, 0.3) is 0 Å². The third-order valence-corrected chi connectivity index (χ3v) is 5.24. The van der Waals surface area contributed by atoms with Crippen molar-refractivity contribution in [3.63, 3.8) is 0 Å². The monoisotopic (exact) mass is 424 g/mol. The van der Waals surface area contributed by atoms with E-state index in [4.69, 9.17) is 4.74 Å². The molecule has 0 radical (unpaired) electrons. The van der Waals surface area contributed by atoms with Gasteiger partial charge < -0.3 is 19.9 Å². The molecule has 0 aliphatic carbocycles. The van der Waals surface area contributed by atoms with Crippen molar-refractivity contribution in [1.29, 1.82) is 5.26 Å². The number of nitrogens with zero attached hydrogens (tertiary/aromatic N) is 7. The third-order valence-electron chi connectivity index (χ3n) is 5.24. The Labute approximate surface area is 181 Å². The Bertz CT molecular complexity index is 998. The van der Waals surface area contributed by atoms with Gasteiger partial charge in [-0.3, -0.25) is 4.68 Å². The van der Waals surface area contributed by atoms with Crippen LogP contribution in [0.1, 0.15) is 51.4 Å². The number of ether oxygens (including phenoxy) is 1. The zero-order valence-corrected chi connectivity index (χ0v) is 18.3. The summed E-state index contributed by atoms with van der Waals surface area (Å²) in [5.74, 6) is 1.73. The van der Waals surface area contributed by atoms with Crippen molar-refractivity contribution in [2.24, 2.45) is 0 Å². The molecule has 2 aromatic rings. The number of nitriles is 1. The number of anilines is 3. The molecule has 0 unspecified atom stereocenters. The first-order chi connectivity index (χ1) is 14.8. The Balaban J connectivity index is 1.50. The van der Waals surface area contributed by atoms with E-state index in [-0.39, 0.29) is 11.8 Å². The molecule has 0 bridgehead atoms. The van der Waals surface area contributed by atoms with Crippen LogP contribution in [0.15, 0.2) is 12.3 Å². The Kier molecular flexibility index (Phi) is 5.67. The maximum Gasteiger partial charge on any atom is 0.410 e. The predicted octanol–water partition coefficient (Wildman–Crippen LogP) is 3.03. The van der Waals surface area contributed by atoms with Crippen molar-refractivity contribution in [2.45, 2.75) is 58.7 Å². The molecular weight excluding hydrogens is 396 g/mol. The molecule has 1 amide bonds. The Morgan fingerprint density at radius 3 is 2.68 bits per heavy atom. The lowest BCUT2D eigenvalue weighted by Gasteiger charge is -2.30. The zero-order valence-electron chi connectivity index (χ0n) is 18.3. The highest BCUT2D eigenvalue weighted by Gasteiger charge is 2.27. The van der Waals surface area contributed by atoms with Gasteiger partial charge in [-0.25, -0.2) is 14.8 Å². The van der Waals surface area contributed by atoms with Crippen LogP contribution >= 0.6 is 0 Å². The van der Waals surface area contributed by atoms with Gasteiger partial charge in [0.1, 0.15) is 17.5 Å². The number of carbonyl (C=O) groups is 1. The largest absolute Gasteiger partial charge is 0.444 e. The molecule has 2 aliphatic heterocycles.